The van der Waals surface area contributed by atoms with Crippen LogP contribution in [0.15, 0.2) is 12.7 Å². The van der Waals surface area contributed by atoms with Gasteiger partial charge in [0.15, 0.2) is 6.10 Å². The normalized spacial score (nSPS) is 13.9. The van der Waals surface area contributed by atoms with Crippen molar-refractivity contribution in [1.29, 1.82) is 0 Å². The second-order valence-electron chi connectivity index (χ2n) is 2.79. The summed E-state index contributed by atoms with van der Waals surface area (Å²) in [5.74, 6) is -1.24. The molecule has 0 aromatic rings. The topological polar surface area (TPSA) is 78.6 Å². The number of hydrogen-bond donors (Lipinski definition) is 1. The highest BCUT2D eigenvalue weighted by molar-refractivity contribution is 5.81. The van der Waals surface area contributed by atoms with Crippen LogP contribution in [0.25, 0.3) is 0 Å². The molecule has 0 aliphatic rings. The maximum absolute atomic E-state index is 11.1. The van der Waals surface area contributed by atoms with E-state index in [4.69, 9.17) is 10.5 Å². The van der Waals surface area contributed by atoms with Gasteiger partial charge in [0.25, 0.3) is 0 Å². The molecule has 0 rings (SSSR count). The summed E-state index contributed by atoms with van der Waals surface area (Å²) < 4.78 is 9.36. The number of hydrogen-bond acceptors (Lipinski definition) is 5. The molecule has 0 aliphatic carbocycles. The van der Waals surface area contributed by atoms with Crippen LogP contribution in [0.1, 0.15) is 13.8 Å². The lowest BCUT2D eigenvalue weighted by Crippen LogP contribution is -2.34. The first-order valence-corrected chi connectivity index (χ1v) is 4.22. The van der Waals surface area contributed by atoms with Crippen molar-refractivity contribution in [3.63, 3.8) is 0 Å². The lowest BCUT2D eigenvalue weighted by atomic mass is 10.3. The lowest BCUT2D eigenvalue weighted by Gasteiger charge is -2.13. The van der Waals surface area contributed by atoms with E-state index in [2.05, 4.69) is 11.3 Å². The zero-order valence-electron chi connectivity index (χ0n) is 8.36. The van der Waals surface area contributed by atoms with E-state index in [1.54, 1.807) is 0 Å². The molecule has 0 heterocycles. The van der Waals surface area contributed by atoms with E-state index in [-0.39, 0.29) is 6.61 Å². The molecular weight excluding hydrogens is 186 g/mol. The van der Waals surface area contributed by atoms with Crippen LogP contribution in [0.5, 0.6) is 0 Å². The van der Waals surface area contributed by atoms with Gasteiger partial charge in [0, 0.05) is 0 Å². The van der Waals surface area contributed by atoms with Gasteiger partial charge in [0.05, 0.1) is 0 Å². The van der Waals surface area contributed by atoms with Crippen LogP contribution in [-0.4, -0.2) is 30.7 Å². The van der Waals surface area contributed by atoms with Gasteiger partial charge in [-0.2, -0.15) is 0 Å². The van der Waals surface area contributed by atoms with Crippen LogP contribution in [0, 0.1) is 0 Å². The van der Waals surface area contributed by atoms with Gasteiger partial charge in [-0.05, 0) is 13.8 Å². The van der Waals surface area contributed by atoms with Crippen molar-refractivity contribution in [3.05, 3.63) is 12.7 Å². The van der Waals surface area contributed by atoms with Gasteiger partial charge >= 0.3 is 11.9 Å². The largest absolute Gasteiger partial charge is 0.459 e. The molecule has 0 spiro atoms. The van der Waals surface area contributed by atoms with E-state index in [9.17, 15) is 9.59 Å². The monoisotopic (exact) mass is 201 g/mol. The zero-order chi connectivity index (χ0) is 11.1. The lowest BCUT2D eigenvalue weighted by molar-refractivity contribution is -0.166. The predicted octanol–water partition coefficient (Wildman–Crippen LogP) is -0.00550. The summed E-state index contributed by atoms with van der Waals surface area (Å²) in [5, 5.41) is 0. The van der Waals surface area contributed by atoms with Gasteiger partial charge in [0.1, 0.15) is 12.6 Å². The molecule has 5 heteroatoms. The van der Waals surface area contributed by atoms with Crippen LogP contribution in [0.4, 0.5) is 0 Å². The fraction of sp³-hybridized carbons (Fsp3) is 0.556. The smallest absolute Gasteiger partial charge is 0.347 e. The van der Waals surface area contributed by atoms with Gasteiger partial charge in [-0.25, -0.2) is 4.79 Å². The van der Waals surface area contributed by atoms with Crippen LogP contribution >= 0.6 is 0 Å². The number of nitrogens with two attached hydrogens (primary N) is 1. The highest BCUT2D eigenvalue weighted by Gasteiger charge is 2.20. The quantitative estimate of drug-likeness (QED) is 0.500. The van der Waals surface area contributed by atoms with Crippen LogP contribution < -0.4 is 5.73 Å². The Labute approximate surface area is 82.9 Å². The van der Waals surface area contributed by atoms with Crippen molar-refractivity contribution in [2.45, 2.75) is 26.0 Å². The fourth-order valence-corrected chi connectivity index (χ4v) is 0.588. The third-order valence-corrected chi connectivity index (χ3v) is 1.34. The van der Waals surface area contributed by atoms with Gasteiger partial charge < -0.3 is 15.2 Å². The Morgan fingerprint density at radius 3 is 2.43 bits per heavy atom. The summed E-state index contributed by atoms with van der Waals surface area (Å²) in [4.78, 5) is 22.0. The second kappa shape index (κ2) is 6.15. The molecule has 2 N–H and O–H groups in total. The number of carbonyl (C=O) groups is 2. The summed E-state index contributed by atoms with van der Waals surface area (Å²) in [5.41, 5.74) is 5.24. The van der Waals surface area contributed by atoms with Gasteiger partial charge in [-0.1, -0.05) is 12.7 Å². The SMILES string of the molecule is C=CCOC(=O)[C@@H](C)OC(=O)[C@@H](C)N. The summed E-state index contributed by atoms with van der Waals surface area (Å²) in [7, 11) is 0. The Balaban J connectivity index is 3.94. The fourth-order valence-electron chi connectivity index (χ4n) is 0.588. The number of ether oxygens (including phenoxy) is 2. The van der Waals surface area contributed by atoms with E-state index in [1.165, 1.54) is 19.9 Å². The Hall–Kier alpha value is -1.36. The summed E-state index contributed by atoms with van der Waals surface area (Å²) in [6, 6.07) is -0.746. The molecule has 80 valence electrons. The van der Waals surface area contributed by atoms with Crippen molar-refractivity contribution in [2.75, 3.05) is 6.61 Å². The minimum atomic E-state index is -0.937. The maximum Gasteiger partial charge on any atom is 0.347 e. The second-order valence-corrected chi connectivity index (χ2v) is 2.79. The molecule has 0 radical (unpaired) electrons. The van der Waals surface area contributed by atoms with Crippen LogP contribution in [0.3, 0.4) is 0 Å². The first-order chi connectivity index (χ1) is 6.49. The molecule has 0 bridgehead atoms. The maximum atomic E-state index is 11.1. The summed E-state index contributed by atoms with van der Waals surface area (Å²) in [6.07, 6.45) is 0.492. The third-order valence-electron chi connectivity index (χ3n) is 1.34. The van der Waals surface area contributed by atoms with Crippen molar-refractivity contribution < 1.29 is 19.1 Å². The van der Waals surface area contributed by atoms with Gasteiger partial charge in [-0.15, -0.1) is 0 Å². The Morgan fingerprint density at radius 1 is 1.43 bits per heavy atom. The summed E-state index contributed by atoms with van der Waals surface area (Å²) >= 11 is 0. The predicted molar refractivity (Wildman–Crippen MR) is 50.4 cm³/mol. The van der Waals surface area contributed by atoms with E-state index in [0.29, 0.717) is 0 Å². The molecule has 0 unspecified atom stereocenters. The molecule has 0 saturated heterocycles. The molecule has 0 amide bonds. The molecule has 2 atom stereocenters. The first kappa shape index (κ1) is 12.6. The van der Waals surface area contributed by atoms with Gasteiger partial charge in [-0.3, -0.25) is 4.79 Å². The van der Waals surface area contributed by atoms with E-state index in [0.717, 1.165) is 0 Å². The minimum absolute atomic E-state index is 0.0961. The van der Waals surface area contributed by atoms with Crippen LogP contribution in [0.2, 0.25) is 0 Å². The molecule has 0 aliphatic heterocycles. The zero-order valence-corrected chi connectivity index (χ0v) is 8.36. The number of rotatable bonds is 5. The molecule has 14 heavy (non-hydrogen) atoms. The van der Waals surface area contributed by atoms with Crippen molar-refractivity contribution >= 4 is 11.9 Å². The summed E-state index contributed by atoms with van der Waals surface area (Å²) in [6.45, 7) is 6.37. The molecule has 0 fully saturated rings. The Kier molecular flexibility index (Phi) is 5.55. The van der Waals surface area contributed by atoms with Crippen LogP contribution in [-0.2, 0) is 19.1 Å². The van der Waals surface area contributed by atoms with Crippen molar-refractivity contribution in [3.8, 4) is 0 Å². The highest BCUT2D eigenvalue weighted by atomic mass is 16.6. The van der Waals surface area contributed by atoms with Crippen molar-refractivity contribution in [2.24, 2.45) is 5.73 Å². The molecule has 5 nitrogen and oxygen atoms in total. The van der Waals surface area contributed by atoms with Gasteiger partial charge in [0.2, 0.25) is 0 Å². The molecular formula is C9H15NO4. The van der Waals surface area contributed by atoms with E-state index < -0.39 is 24.1 Å². The highest BCUT2D eigenvalue weighted by Crippen LogP contribution is 1.97. The minimum Gasteiger partial charge on any atom is -0.459 e. The van der Waals surface area contributed by atoms with Crippen molar-refractivity contribution in [1.82, 2.24) is 0 Å². The third kappa shape index (κ3) is 4.61. The first-order valence-electron chi connectivity index (χ1n) is 4.22. The molecule has 0 saturated carbocycles. The number of esters is 2. The Morgan fingerprint density at radius 2 is 2.00 bits per heavy atom. The average molecular weight is 201 g/mol. The average Bonchev–Trinajstić information content (AvgIpc) is 2.13. The molecule has 0 aromatic carbocycles. The van der Waals surface area contributed by atoms with E-state index in [1.807, 2.05) is 0 Å². The Bertz CT molecular complexity index is 225. The number of carbonyl (C=O) groups excluding carboxylic acids is 2. The standard InChI is InChI=1S/C9H15NO4/c1-4-5-13-9(12)7(3)14-8(11)6(2)10/h4,6-7H,1,5,10H2,2-3H3/t6-,7-/m1/s1. The van der Waals surface area contributed by atoms with E-state index >= 15 is 0 Å². The molecule has 0 aromatic heterocycles.